The lowest BCUT2D eigenvalue weighted by Gasteiger charge is -2.40. The van der Waals surface area contributed by atoms with Crippen LogP contribution >= 0.6 is 0 Å². The highest BCUT2D eigenvalue weighted by Crippen LogP contribution is 2.42. The Labute approximate surface area is 121 Å². The van der Waals surface area contributed by atoms with Crippen molar-refractivity contribution in [3.05, 3.63) is 35.4 Å². The molecule has 3 nitrogen and oxygen atoms in total. The molecule has 110 valence electrons. The fourth-order valence-corrected chi connectivity index (χ4v) is 2.94. The molecule has 1 aliphatic carbocycles. The van der Waals surface area contributed by atoms with Gasteiger partial charge in [-0.25, -0.2) is 0 Å². The lowest BCUT2D eigenvalue weighted by molar-refractivity contribution is -0.125. The molecular formula is C17H26N2O. The van der Waals surface area contributed by atoms with Crippen molar-refractivity contribution in [3.8, 4) is 0 Å². The second-order valence-corrected chi connectivity index (χ2v) is 6.17. The third kappa shape index (κ3) is 3.40. The van der Waals surface area contributed by atoms with Crippen LogP contribution in [0.5, 0.6) is 0 Å². The highest BCUT2D eigenvalue weighted by atomic mass is 16.1. The Hall–Kier alpha value is -1.35. The summed E-state index contributed by atoms with van der Waals surface area (Å²) >= 11 is 0. The maximum absolute atomic E-state index is 12.3. The van der Waals surface area contributed by atoms with E-state index in [1.165, 1.54) is 17.5 Å². The number of carbonyl (C=O) groups excluding carboxylic acids is 1. The fraction of sp³-hybridized carbons (Fsp3) is 0.588. The summed E-state index contributed by atoms with van der Waals surface area (Å²) in [6.45, 7) is 4.81. The molecular weight excluding hydrogens is 248 g/mol. The van der Waals surface area contributed by atoms with Gasteiger partial charge < -0.3 is 11.1 Å². The van der Waals surface area contributed by atoms with E-state index in [0.717, 1.165) is 19.3 Å². The van der Waals surface area contributed by atoms with Crippen LogP contribution in [0.15, 0.2) is 24.3 Å². The number of hydrogen-bond donors (Lipinski definition) is 2. The van der Waals surface area contributed by atoms with E-state index >= 15 is 0 Å². The van der Waals surface area contributed by atoms with Crippen LogP contribution < -0.4 is 11.1 Å². The third-order valence-electron chi connectivity index (χ3n) is 4.61. The number of aryl methyl sites for hydroxylation is 1. The molecule has 0 radical (unpaired) electrons. The van der Waals surface area contributed by atoms with E-state index < -0.39 is 0 Å². The summed E-state index contributed by atoms with van der Waals surface area (Å²) < 4.78 is 0. The molecule has 3 N–H and O–H groups in total. The van der Waals surface area contributed by atoms with Gasteiger partial charge in [-0.3, -0.25) is 4.79 Å². The zero-order chi connectivity index (χ0) is 14.6. The van der Waals surface area contributed by atoms with Crippen LogP contribution in [0.2, 0.25) is 0 Å². The first-order chi connectivity index (χ1) is 9.58. The first kappa shape index (κ1) is 15.0. The molecule has 1 unspecified atom stereocenters. The van der Waals surface area contributed by atoms with Gasteiger partial charge in [-0.1, -0.05) is 43.2 Å². The van der Waals surface area contributed by atoms with E-state index in [-0.39, 0.29) is 17.4 Å². The lowest BCUT2D eigenvalue weighted by atomic mass is 9.66. The number of benzene rings is 1. The average Bonchev–Trinajstić information content (AvgIpc) is 2.41. The first-order valence-corrected chi connectivity index (χ1v) is 7.64. The molecule has 0 bridgehead atoms. The predicted molar refractivity (Wildman–Crippen MR) is 82.3 cm³/mol. The molecule has 3 heteroatoms. The minimum atomic E-state index is 0.0790. The van der Waals surface area contributed by atoms with Crippen molar-refractivity contribution in [2.75, 3.05) is 6.54 Å². The van der Waals surface area contributed by atoms with Crippen LogP contribution in [0.3, 0.4) is 0 Å². The minimum absolute atomic E-state index is 0.0790. The van der Waals surface area contributed by atoms with Crippen LogP contribution in [0.4, 0.5) is 0 Å². The van der Waals surface area contributed by atoms with Crippen LogP contribution in [-0.2, 0) is 4.79 Å². The van der Waals surface area contributed by atoms with E-state index in [1.54, 1.807) is 0 Å². The second kappa shape index (κ2) is 6.40. The molecule has 0 heterocycles. The molecule has 20 heavy (non-hydrogen) atoms. The summed E-state index contributed by atoms with van der Waals surface area (Å²) in [6, 6.07) is 8.50. The van der Waals surface area contributed by atoms with Crippen molar-refractivity contribution < 1.29 is 4.79 Å². The molecule has 0 saturated heterocycles. The normalized spacial score (nSPS) is 18.1. The molecule has 1 aliphatic rings. The molecule has 1 fully saturated rings. The second-order valence-electron chi connectivity index (χ2n) is 6.17. The Morgan fingerprint density at radius 3 is 2.45 bits per heavy atom. The van der Waals surface area contributed by atoms with Crippen LogP contribution in [-0.4, -0.2) is 12.5 Å². The molecule has 1 atom stereocenters. The monoisotopic (exact) mass is 274 g/mol. The van der Waals surface area contributed by atoms with Gasteiger partial charge in [0.1, 0.15) is 0 Å². The van der Waals surface area contributed by atoms with E-state index in [0.29, 0.717) is 13.0 Å². The largest absolute Gasteiger partial charge is 0.349 e. The average molecular weight is 274 g/mol. The number of amides is 1. The van der Waals surface area contributed by atoms with Gasteiger partial charge in [0.25, 0.3) is 0 Å². The van der Waals surface area contributed by atoms with E-state index in [4.69, 9.17) is 5.73 Å². The van der Waals surface area contributed by atoms with Gasteiger partial charge >= 0.3 is 0 Å². The van der Waals surface area contributed by atoms with Gasteiger partial charge in [0.2, 0.25) is 5.91 Å². The van der Waals surface area contributed by atoms with Crippen LogP contribution in [0.25, 0.3) is 0 Å². The molecule has 1 amide bonds. The summed E-state index contributed by atoms with van der Waals surface area (Å²) in [5.41, 5.74) is 8.33. The summed E-state index contributed by atoms with van der Waals surface area (Å²) in [5, 5.41) is 3.17. The Balaban J connectivity index is 1.95. The van der Waals surface area contributed by atoms with Crippen LogP contribution in [0, 0.1) is 12.3 Å². The van der Waals surface area contributed by atoms with Crippen molar-refractivity contribution in [1.29, 1.82) is 0 Å². The smallest absolute Gasteiger partial charge is 0.221 e. The maximum Gasteiger partial charge on any atom is 0.221 e. The molecule has 2 rings (SSSR count). The highest BCUT2D eigenvalue weighted by Gasteiger charge is 2.37. The quantitative estimate of drug-likeness (QED) is 0.837. The Morgan fingerprint density at radius 2 is 2.00 bits per heavy atom. The van der Waals surface area contributed by atoms with Crippen molar-refractivity contribution in [1.82, 2.24) is 5.32 Å². The highest BCUT2D eigenvalue weighted by molar-refractivity contribution is 5.77. The number of nitrogens with one attached hydrogen (secondary N) is 1. The zero-order valence-electron chi connectivity index (χ0n) is 12.6. The summed E-state index contributed by atoms with van der Waals surface area (Å²) in [5.74, 6) is 0.141. The molecule has 1 aromatic rings. The molecule has 0 spiro atoms. The Morgan fingerprint density at radius 1 is 1.35 bits per heavy atom. The topological polar surface area (TPSA) is 55.1 Å². The van der Waals surface area contributed by atoms with E-state index in [9.17, 15) is 4.79 Å². The van der Waals surface area contributed by atoms with Crippen molar-refractivity contribution in [3.63, 3.8) is 0 Å². The molecule has 1 saturated carbocycles. The van der Waals surface area contributed by atoms with E-state index in [1.807, 2.05) is 0 Å². The third-order valence-corrected chi connectivity index (χ3v) is 4.61. The van der Waals surface area contributed by atoms with Gasteiger partial charge in [-0.15, -0.1) is 0 Å². The number of nitrogens with two attached hydrogens (primary N) is 1. The Bertz CT molecular complexity index is 443. The SMILES string of the molecule is CCC(NC(=O)CC1(CN)CCC1)c1ccc(C)cc1. The number of carbonyl (C=O) groups is 1. The van der Waals surface area contributed by atoms with Crippen molar-refractivity contribution in [2.45, 2.75) is 52.0 Å². The fourth-order valence-electron chi connectivity index (χ4n) is 2.94. The minimum Gasteiger partial charge on any atom is -0.349 e. The molecule has 0 aliphatic heterocycles. The van der Waals surface area contributed by atoms with Crippen molar-refractivity contribution in [2.24, 2.45) is 11.1 Å². The van der Waals surface area contributed by atoms with Gasteiger partial charge in [0.15, 0.2) is 0 Å². The number of hydrogen-bond acceptors (Lipinski definition) is 2. The predicted octanol–water partition coefficient (Wildman–Crippen LogP) is 3.08. The van der Waals surface area contributed by atoms with Gasteiger partial charge in [-0.05, 0) is 43.7 Å². The van der Waals surface area contributed by atoms with Gasteiger partial charge in [0.05, 0.1) is 6.04 Å². The molecule has 0 aromatic heterocycles. The van der Waals surface area contributed by atoms with Crippen molar-refractivity contribution >= 4 is 5.91 Å². The lowest BCUT2D eigenvalue weighted by Crippen LogP contribution is -2.42. The van der Waals surface area contributed by atoms with Crippen LogP contribution in [0.1, 0.15) is 56.2 Å². The summed E-state index contributed by atoms with van der Waals surface area (Å²) in [6.07, 6.45) is 4.88. The zero-order valence-corrected chi connectivity index (χ0v) is 12.6. The summed E-state index contributed by atoms with van der Waals surface area (Å²) in [7, 11) is 0. The maximum atomic E-state index is 12.3. The standard InChI is InChI=1S/C17H26N2O/c1-3-15(14-7-5-13(2)6-8-14)19-16(20)11-17(12-18)9-4-10-17/h5-8,15H,3-4,9-12,18H2,1-2H3,(H,19,20). The van der Waals surface area contributed by atoms with E-state index in [2.05, 4.69) is 43.4 Å². The van der Waals surface area contributed by atoms with Gasteiger partial charge in [0, 0.05) is 6.42 Å². The molecule has 1 aromatic carbocycles. The number of rotatable bonds is 6. The first-order valence-electron chi connectivity index (χ1n) is 7.64. The summed E-state index contributed by atoms with van der Waals surface area (Å²) in [4.78, 5) is 12.3. The Kier molecular flexibility index (Phi) is 4.81. The van der Waals surface area contributed by atoms with Gasteiger partial charge in [-0.2, -0.15) is 0 Å².